The summed E-state index contributed by atoms with van der Waals surface area (Å²) in [6, 6.07) is 19.6. The van der Waals surface area contributed by atoms with E-state index in [4.69, 9.17) is 4.74 Å². The molecule has 0 unspecified atom stereocenters. The Morgan fingerprint density at radius 2 is 1.41 bits per heavy atom. The normalized spacial score (nSPS) is 14.9. The van der Waals surface area contributed by atoms with E-state index in [0.717, 1.165) is 6.08 Å². The molecule has 0 aromatic heterocycles. The molecule has 0 saturated heterocycles. The van der Waals surface area contributed by atoms with Crippen LogP contribution in [0.25, 0.3) is 0 Å². The topological polar surface area (TPSA) is 119 Å². The van der Waals surface area contributed by atoms with Crippen LogP contribution in [-0.4, -0.2) is 34.9 Å². The summed E-state index contributed by atoms with van der Waals surface area (Å²) in [5.74, 6) is -0.0762. The van der Waals surface area contributed by atoms with Crippen LogP contribution in [0.5, 0.6) is 5.75 Å². The first kappa shape index (κ1) is 23.4. The van der Waals surface area contributed by atoms with Gasteiger partial charge in [-0.1, -0.05) is 42.5 Å². The van der Waals surface area contributed by atoms with Gasteiger partial charge in [0.2, 0.25) is 5.78 Å². The molecule has 0 fully saturated rings. The highest BCUT2D eigenvalue weighted by atomic mass is 32.2. The summed E-state index contributed by atoms with van der Waals surface area (Å²) < 4.78 is 63.1. The first-order chi connectivity index (χ1) is 16.2. The molecule has 3 aromatic rings. The zero-order valence-electron chi connectivity index (χ0n) is 18.0. The predicted molar refractivity (Wildman–Crippen MR) is 127 cm³/mol. The zero-order chi connectivity index (χ0) is 24.3. The van der Waals surface area contributed by atoms with Gasteiger partial charge < -0.3 is 4.74 Å². The van der Waals surface area contributed by atoms with Gasteiger partial charge in [-0.2, -0.15) is 12.8 Å². The van der Waals surface area contributed by atoms with Crippen molar-refractivity contribution < 1.29 is 26.4 Å². The predicted octanol–water partition coefficient (Wildman–Crippen LogP) is 3.32. The molecule has 1 aliphatic carbocycles. The minimum atomic E-state index is -4.17. The molecule has 174 valence electrons. The number of ether oxygens (including phenoxy) is 1. The molecule has 0 heterocycles. The van der Waals surface area contributed by atoms with Crippen molar-refractivity contribution in [2.24, 2.45) is 4.40 Å². The van der Waals surface area contributed by atoms with Crippen LogP contribution in [0, 0.1) is 0 Å². The van der Waals surface area contributed by atoms with Crippen LogP contribution in [0.3, 0.4) is 0 Å². The third-order valence-corrected chi connectivity index (χ3v) is 7.61. The fourth-order valence-electron chi connectivity index (χ4n) is 3.34. The average Bonchev–Trinajstić information content (AvgIpc) is 2.83. The van der Waals surface area contributed by atoms with Gasteiger partial charge >= 0.3 is 0 Å². The van der Waals surface area contributed by atoms with Gasteiger partial charge in [0.15, 0.2) is 0 Å². The number of carbonyl (C=O) groups excluding carboxylic acids is 1. The number of carbonyl (C=O) groups is 1. The lowest BCUT2D eigenvalue weighted by Crippen LogP contribution is -2.31. The number of ketones is 1. The molecule has 0 atom stereocenters. The highest BCUT2D eigenvalue weighted by Gasteiger charge is 2.29. The molecule has 0 aliphatic heterocycles. The van der Waals surface area contributed by atoms with Crippen molar-refractivity contribution in [1.82, 2.24) is 4.72 Å². The van der Waals surface area contributed by atoms with Crippen molar-refractivity contribution in [1.29, 1.82) is 0 Å². The molecule has 0 spiro atoms. The molecular formula is C24H20N2O6S2. The van der Waals surface area contributed by atoms with Crippen molar-refractivity contribution >= 4 is 31.5 Å². The van der Waals surface area contributed by atoms with Crippen molar-refractivity contribution in [3.8, 4) is 5.75 Å². The Kier molecular flexibility index (Phi) is 6.36. The van der Waals surface area contributed by atoms with Crippen molar-refractivity contribution in [3.05, 3.63) is 102 Å². The molecule has 4 rings (SSSR count). The Morgan fingerprint density at radius 1 is 0.794 bits per heavy atom. The molecule has 0 bridgehead atoms. The van der Waals surface area contributed by atoms with E-state index in [1.807, 2.05) is 6.92 Å². The van der Waals surface area contributed by atoms with Gasteiger partial charge in [0.25, 0.3) is 20.0 Å². The number of hydrogen-bond donors (Lipinski definition) is 1. The second-order valence-electron chi connectivity index (χ2n) is 7.21. The number of nitrogens with one attached hydrogen (secondary N) is 1. The van der Waals surface area contributed by atoms with Crippen LogP contribution in [0.1, 0.15) is 22.8 Å². The first-order valence-corrected chi connectivity index (χ1v) is 13.1. The maximum atomic E-state index is 13.0. The van der Waals surface area contributed by atoms with Crippen LogP contribution >= 0.6 is 0 Å². The fourth-order valence-corrected chi connectivity index (χ4v) is 5.41. The van der Waals surface area contributed by atoms with E-state index >= 15 is 0 Å². The Morgan fingerprint density at radius 3 is 2.06 bits per heavy atom. The van der Waals surface area contributed by atoms with E-state index < -0.39 is 25.8 Å². The molecule has 10 heteroatoms. The second kappa shape index (κ2) is 9.24. The lowest BCUT2D eigenvalue weighted by Gasteiger charge is -2.18. The summed E-state index contributed by atoms with van der Waals surface area (Å²) in [6.07, 6.45) is 1.14. The van der Waals surface area contributed by atoms with Gasteiger partial charge in [0.05, 0.1) is 27.8 Å². The van der Waals surface area contributed by atoms with Crippen molar-refractivity contribution in [2.75, 3.05) is 6.61 Å². The number of fused-ring (bicyclic) bond motifs is 1. The van der Waals surface area contributed by atoms with Crippen LogP contribution in [0.15, 0.2) is 105 Å². The number of rotatable bonds is 7. The molecule has 3 aromatic carbocycles. The standard InChI is InChI=1S/C24H20N2O6S2/c1-2-32-17-12-14-19(15-13-17)34(30,31)25-22-16-23(24(27)21-11-7-6-10-20(21)22)26-33(28,29)18-8-4-3-5-9-18/h3-16,26H,2H2,1H3/b25-22+. The van der Waals surface area contributed by atoms with E-state index in [1.54, 1.807) is 36.4 Å². The van der Waals surface area contributed by atoms with Gasteiger partial charge in [-0.15, -0.1) is 0 Å². The number of sulfonamides is 2. The van der Waals surface area contributed by atoms with Gasteiger partial charge in [0.1, 0.15) is 5.75 Å². The minimum absolute atomic E-state index is 0.0388. The van der Waals surface area contributed by atoms with Crippen LogP contribution < -0.4 is 9.46 Å². The third-order valence-electron chi connectivity index (χ3n) is 4.92. The molecule has 0 saturated carbocycles. The van der Waals surface area contributed by atoms with E-state index in [2.05, 4.69) is 9.12 Å². The Hall–Kier alpha value is -3.76. The van der Waals surface area contributed by atoms with Gasteiger partial charge in [-0.05, 0) is 49.4 Å². The van der Waals surface area contributed by atoms with Crippen molar-refractivity contribution in [2.45, 2.75) is 16.7 Å². The molecule has 0 amide bonds. The monoisotopic (exact) mass is 496 g/mol. The van der Waals surface area contributed by atoms with Crippen LogP contribution in [-0.2, 0) is 20.0 Å². The Bertz CT molecular complexity index is 1510. The molecular weight excluding hydrogens is 476 g/mol. The van der Waals surface area contributed by atoms with Crippen LogP contribution in [0.4, 0.5) is 0 Å². The second-order valence-corrected chi connectivity index (χ2v) is 10.5. The smallest absolute Gasteiger partial charge is 0.282 e. The zero-order valence-corrected chi connectivity index (χ0v) is 19.6. The highest BCUT2D eigenvalue weighted by molar-refractivity contribution is 7.90. The van der Waals surface area contributed by atoms with E-state index in [1.165, 1.54) is 42.5 Å². The summed E-state index contributed by atoms with van der Waals surface area (Å²) in [4.78, 5) is 12.9. The minimum Gasteiger partial charge on any atom is -0.494 e. The van der Waals surface area contributed by atoms with E-state index in [0.29, 0.717) is 12.4 Å². The summed E-state index contributed by atoms with van der Waals surface area (Å²) in [5, 5.41) is 0. The first-order valence-electron chi connectivity index (χ1n) is 10.2. The van der Waals surface area contributed by atoms with Gasteiger partial charge in [0, 0.05) is 11.1 Å². The molecule has 0 radical (unpaired) electrons. The molecule has 34 heavy (non-hydrogen) atoms. The van der Waals surface area contributed by atoms with Crippen LogP contribution in [0.2, 0.25) is 0 Å². The summed E-state index contributed by atoms with van der Waals surface area (Å²) in [6.45, 7) is 2.25. The number of benzene rings is 3. The molecule has 1 N–H and O–H groups in total. The maximum absolute atomic E-state index is 13.0. The molecule has 8 nitrogen and oxygen atoms in total. The summed E-state index contributed by atoms with van der Waals surface area (Å²) in [7, 11) is -8.25. The highest BCUT2D eigenvalue weighted by Crippen LogP contribution is 2.25. The number of Topliss-reactive ketones (excluding diaryl/α,β-unsaturated/α-hetero) is 1. The van der Waals surface area contributed by atoms with Gasteiger partial charge in [-0.3, -0.25) is 9.52 Å². The lowest BCUT2D eigenvalue weighted by atomic mass is 9.93. The average molecular weight is 497 g/mol. The lowest BCUT2D eigenvalue weighted by molar-refractivity contribution is 0.102. The van der Waals surface area contributed by atoms with Gasteiger partial charge in [-0.25, -0.2) is 8.42 Å². The SMILES string of the molecule is CCOc1ccc(S(=O)(=O)/N=C2\C=C(NS(=O)(=O)c3ccccc3)C(=O)c3ccccc32)cc1. The number of nitrogens with zero attached hydrogens (tertiary/aromatic N) is 1. The van der Waals surface area contributed by atoms with Crippen molar-refractivity contribution in [3.63, 3.8) is 0 Å². The largest absolute Gasteiger partial charge is 0.494 e. The fraction of sp³-hybridized carbons (Fsp3) is 0.0833. The van der Waals surface area contributed by atoms with E-state index in [-0.39, 0.29) is 32.3 Å². The Labute approximate surface area is 197 Å². The maximum Gasteiger partial charge on any atom is 0.282 e. The number of hydrogen-bond acceptors (Lipinski definition) is 6. The summed E-state index contributed by atoms with van der Waals surface area (Å²) in [5.41, 5.74) is 0.0547. The Balaban J connectivity index is 1.77. The molecule has 1 aliphatic rings. The quantitative estimate of drug-likeness (QED) is 0.536. The van der Waals surface area contributed by atoms with E-state index in [9.17, 15) is 21.6 Å². The third kappa shape index (κ3) is 4.78. The number of allylic oxidation sites excluding steroid dienone is 2. The summed E-state index contributed by atoms with van der Waals surface area (Å²) >= 11 is 0.